The first kappa shape index (κ1) is 20.8. The summed E-state index contributed by atoms with van der Waals surface area (Å²) in [6.45, 7) is 5.67. The summed E-state index contributed by atoms with van der Waals surface area (Å²) < 4.78 is 11.2. The lowest BCUT2D eigenvalue weighted by atomic mass is 10.1. The molecule has 8 nitrogen and oxygen atoms in total. The normalized spacial score (nSPS) is 10.9. The molecular weight excluding hydrogens is 386 g/mol. The maximum atomic E-state index is 12.0. The first-order valence-corrected chi connectivity index (χ1v) is 9.22. The monoisotopic (exact) mass is 407 g/mol. The first-order chi connectivity index (χ1) is 14.4. The summed E-state index contributed by atoms with van der Waals surface area (Å²) in [4.78, 5) is 22.7. The van der Waals surface area contributed by atoms with Gasteiger partial charge in [-0.3, -0.25) is 14.9 Å². The molecule has 3 aromatic rings. The number of amides is 1. The minimum Gasteiger partial charge on any atom is -0.483 e. The lowest BCUT2D eigenvalue weighted by molar-refractivity contribution is -0.384. The molecule has 1 heterocycles. The van der Waals surface area contributed by atoms with E-state index in [0.29, 0.717) is 22.8 Å². The smallest absolute Gasteiger partial charge is 0.280 e. The number of nitro benzene ring substituents is 1. The van der Waals surface area contributed by atoms with Crippen LogP contribution >= 0.6 is 0 Å². The molecule has 0 aliphatic rings. The van der Waals surface area contributed by atoms with Crippen molar-refractivity contribution in [3.8, 4) is 17.1 Å². The molecule has 0 aliphatic carbocycles. The number of nitro groups is 1. The number of hydrogen-bond donors (Lipinski definition) is 1. The summed E-state index contributed by atoms with van der Waals surface area (Å²) in [5, 5.41) is 15.0. The van der Waals surface area contributed by atoms with Gasteiger partial charge in [-0.2, -0.15) is 5.10 Å². The topological polar surface area (TPSA) is 107 Å². The van der Waals surface area contributed by atoms with Gasteiger partial charge in [0.2, 0.25) is 0 Å². The molecule has 0 fully saturated rings. The van der Waals surface area contributed by atoms with Gasteiger partial charge in [-0.25, -0.2) is 5.43 Å². The van der Waals surface area contributed by atoms with Crippen LogP contribution in [0.2, 0.25) is 0 Å². The van der Waals surface area contributed by atoms with Crippen molar-refractivity contribution in [3.05, 3.63) is 81.1 Å². The molecule has 0 atom stereocenters. The molecule has 30 heavy (non-hydrogen) atoms. The van der Waals surface area contributed by atoms with E-state index < -0.39 is 10.8 Å². The van der Waals surface area contributed by atoms with Crippen molar-refractivity contribution in [2.45, 2.75) is 20.8 Å². The van der Waals surface area contributed by atoms with Crippen LogP contribution in [0.1, 0.15) is 22.5 Å². The minimum atomic E-state index is -0.469. The van der Waals surface area contributed by atoms with E-state index in [2.05, 4.69) is 10.5 Å². The largest absolute Gasteiger partial charge is 0.483 e. The highest BCUT2D eigenvalue weighted by molar-refractivity contribution is 5.82. The number of aryl methyl sites for hydroxylation is 2. The lowest BCUT2D eigenvalue weighted by Gasteiger charge is -2.13. The van der Waals surface area contributed by atoms with Crippen LogP contribution in [0.15, 0.2) is 58.0 Å². The molecule has 8 heteroatoms. The molecule has 0 radical (unpaired) electrons. The van der Waals surface area contributed by atoms with Crippen molar-refractivity contribution in [2.75, 3.05) is 6.61 Å². The predicted octanol–water partition coefficient (Wildman–Crippen LogP) is 4.31. The molecule has 2 aromatic carbocycles. The number of ether oxygens (including phenoxy) is 1. The van der Waals surface area contributed by atoms with Gasteiger partial charge in [0.15, 0.2) is 6.61 Å². The van der Waals surface area contributed by atoms with Crippen molar-refractivity contribution < 1.29 is 18.9 Å². The SMILES string of the molecule is Cc1ccc(C)c(OCC(=O)N/N=C/c2ccc(-c3ccccc3[N+](=O)[O-])o2)c1C. The fourth-order valence-electron chi connectivity index (χ4n) is 2.89. The summed E-state index contributed by atoms with van der Waals surface area (Å²) in [6.07, 6.45) is 1.32. The van der Waals surface area contributed by atoms with Gasteiger partial charge in [0, 0.05) is 6.07 Å². The molecule has 0 saturated heterocycles. The maximum Gasteiger partial charge on any atom is 0.280 e. The minimum absolute atomic E-state index is 0.0532. The molecular formula is C22H21N3O5. The standard InChI is InChI=1S/C22H21N3O5/c1-14-8-9-15(2)22(16(14)3)29-13-21(26)24-23-12-17-10-11-20(30-17)18-6-4-5-7-19(18)25(27)28/h4-12H,13H2,1-3H3,(H,24,26)/b23-12+. The van der Waals surface area contributed by atoms with E-state index in [1.165, 1.54) is 12.3 Å². The number of para-hydroxylation sites is 1. The highest BCUT2D eigenvalue weighted by Crippen LogP contribution is 2.30. The molecule has 154 valence electrons. The number of benzene rings is 2. The van der Waals surface area contributed by atoms with E-state index in [1.54, 1.807) is 30.3 Å². The summed E-state index contributed by atoms with van der Waals surface area (Å²) in [7, 11) is 0. The Morgan fingerprint density at radius 1 is 1.13 bits per heavy atom. The Balaban J connectivity index is 1.60. The average molecular weight is 407 g/mol. The molecule has 3 rings (SSSR count). The predicted molar refractivity (Wildman–Crippen MR) is 113 cm³/mol. The van der Waals surface area contributed by atoms with Crippen LogP contribution in [-0.2, 0) is 4.79 Å². The van der Waals surface area contributed by atoms with E-state index >= 15 is 0 Å². The Morgan fingerprint density at radius 3 is 2.63 bits per heavy atom. The lowest BCUT2D eigenvalue weighted by Crippen LogP contribution is -2.25. The third-order valence-electron chi connectivity index (χ3n) is 4.60. The van der Waals surface area contributed by atoms with Crippen LogP contribution < -0.4 is 10.2 Å². The van der Waals surface area contributed by atoms with Gasteiger partial charge in [-0.1, -0.05) is 24.3 Å². The number of hydrazone groups is 1. The molecule has 0 unspecified atom stereocenters. The second-order valence-electron chi connectivity index (χ2n) is 6.71. The van der Waals surface area contributed by atoms with Gasteiger partial charge in [0.05, 0.1) is 16.7 Å². The van der Waals surface area contributed by atoms with E-state index in [-0.39, 0.29) is 12.3 Å². The van der Waals surface area contributed by atoms with Crippen molar-refractivity contribution >= 4 is 17.8 Å². The van der Waals surface area contributed by atoms with Gasteiger partial charge in [-0.15, -0.1) is 0 Å². The van der Waals surface area contributed by atoms with Crippen LogP contribution in [0, 0.1) is 30.9 Å². The van der Waals surface area contributed by atoms with Gasteiger partial charge in [0.1, 0.15) is 17.3 Å². The quantitative estimate of drug-likeness (QED) is 0.357. The van der Waals surface area contributed by atoms with E-state index in [0.717, 1.165) is 16.7 Å². The van der Waals surface area contributed by atoms with Gasteiger partial charge in [0.25, 0.3) is 11.6 Å². The zero-order valence-corrected chi connectivity index (χ0v) is 16.8. The highest BCUT2D eigenvalue weighted by atomic mass is 16.6. The number of hydrogen-bond acceptors (Lipinski definition) is 6. The third kappa shape index (κ3) is 4.72. The number of nitrogens with zero attached hydrogens (tertiary/aromatic N) is 2. The Labute approximate surface area is 173 Å². The fourth-order valence-corrected chi connectivity index (χ4v) is 2.89. The first-order valence-electron chi connectivity index (χ1n) is 9.22. The number of nitrogens with one attached hydrogen (secondary N) is 1. The summed E-state index contributed by atoms with van der Waals surface area (Å²) in [5.74, 6) is 0.949. The molecule has 1 amide bonds. The van der Waals surface area contributed by atoms with Gasteiger partial charge >= 0.3 is 0 Å². The molecule has 0 bridgehead atoms. The van der Waals surface area contributed by atoms with Crippen LogP contribution in [0.5, 0.6) is 5.75 Å². The number of carbonyl (C=O) groups excluding carboxylic acids is 1. The zero-order valence-electron chi connectivity index (χ0n) is 16.8. The highest BCUT2D eigenvalue weighted by Gasteiger charge is 2.16. The summed E-state index contributed by atoms with van der Waals surface area (Å²) in [5.41, 5.74) is 5.71. The Hall–Kier alpha value is -3.94. The van der Waals surface area contributed by atoms with Gasteiger partial charge in [-0.05, 0) is 55.7 Å². The van der Waals surface area contributed by atoms with Crippen molar-refractivity contribution in [2.24, 2.45) is 5.10 Å². The summed E-state index contributed by atoms with van der Waals surface area (Å²) in [6, 6.07) is 13.5. The second-order valence-corrected chi connectivity index (χ2v) is 6.71. The van der Waals surface area contributed by atoms with Crippen molar-refractivity contribution in [3.63, 3.8) is 0 Å². The summed E-state index contributed by atoms with van der Waals surface area (Å²) >= 11 is 0. The molecule has 0 spiro atoms. The Morgan fingerprint density at radius 2 is 1.87 bits per heavy atom. The number of carbonyl (C=O) groups is 1. The number of rotatable bonds is 7. The zero-order chi connectivity index (χ0) is 21.7. The van der Waals surface area contributed by atoms with Crippen molar-refractivity contribution in [1.29, 1.82) is 0 Å². The Kier molecular flexibility index (Phi) is 6.26. The fraction of sp³-hybridized carbons (Fsp3) is 0.182. The Bertz CT molecular complexity index is 1120. The van der Waals surface area contributed by atoms with E-state index in [1.807, 2.05) is 32.9 Å². The van der Waals surface area contributed by atoms with Crippen molar-refractivity contribution in [1.82, 2.24) is 5.43 Å². The van der Waals surface area contributed by atoms with Gasteiger partial charge < -0.3 is 9.15 Å². The van der Waals surface area contributed by atoms with E-state index in [9.17, 15) is 14.9 Å². The molecule has 1 aromatic heterocycles. The average Bonchev–Trinajstić information content (AvgIpc) is 3.19. The third-order valence-corrected chi connectivity index (χ3v) is 4.60. The maximum absolute atomic E-state index is 12.0. The van der Waals surface area contributed by atoms with E-state index in [4.69, 9.17) is 9.15 Å². The van der Waals surface area contributed by atoms with Crippen LogP contribution in [0.4, 0.5) is 5.69 Å². The second kappa shape index (κ2) is 9.04. The molecule has 1 N–H and O–H groups in total. The number of furan rings is 1. The van der Waals surface area contributed by atoms with Crippen LogP contribution in [0.25, 0.3) is 11.3 Å². The molecule has 0 aliphatic heterocycles. The van der Waals surface area contributed by atoms with Crippen LogP contribution in [0.3, 0.4) is 0 Å². The van der Waals surface area contributed by atoms with Crippen LogP contribution in [-0.4, -0.2) is 23.7 Å². The molecule has 0 saturated carbocycles.